The number of furan rings is 1. The van der Waals surface area contributed by atoms with E-state index in [0.717, 1.165) is 5.56 Å². The van der Waals surface area contributed by atoms with E-state index >= 15 is 0 Å². The van der Waals surface area contributed by atoms with E-state index in [4.69, 9.17) is 9.15 Å². The lowest BCUT2D eigenvalue weighted by molar-refractivity contribution is -0.119. The number of nitrogens with one attached hydrogen (secondary N) is 2. The molecule has 0 unspecified atom stereocenters. The predicted molar refractivity (Wildman–Crippen MR) is 119 cm³/mol. The number of ether oxygens (including phenoxy) is 1. The Balaban J connectivity index is 1.59. The molecule has 0 bridgehead atoms. The fraction of sp³-hybridized carbons (Fsp3) is 0.348. The van der Waals surface area contributed by atoms with Gasteiger partial charge in [0.05, 0.1) is 12.0 Å². The molecule has 1 aliphatic heterocycles. The van der Waals surface area contributed by atoms with E-state index in [1.165, 1.54) is 0 Å². The monoisotopic (exact) mass is 451 g/mol. The van der Waals surface area contributed by atoms with Gasteiger partial charge >= 0.3 is 6.03 Å². The summed E-state index contributed by atoms with van der Waals surface area (Å²) >= 11 is 0. The van der Waals surface area contributed by atoms with Crippen LogP contribution in [0.3, 0.4) is 0 Å². The van der Waals surface area contributed by atoms with Gasteiger partial charge in [0.2, 0.25) is 11.6 Å². The summed E-state index contributed by atoms with van der Waals surface area (Å²) in [4.78, 5) is 47.2. The number of benzene rings is 1. The van der Waals surface area contributed by atoms with Crippen molar-refractivity contribution in [3.63, 3.8) is 0 Å². The fourth-order valence-electron chi connectivity index (χ4n) is 3.69. The van der Waals surface area contributed by atoms with Gasteiger partial charge in [-0.25, -0.2) is 9.78 Å². The Kier molecular flexibility index (Phi) is 6.25. The number of hydrogen-bond donors (Lipinski definition) is 2. The molecule has 10 heteroatoms. The van der Waals surface area contributed by atoms with Gasteiger partial charge in [0.25, 0.3) is 5.91 Å². The van der Waals surface area contributed by atoms with Crippen molar-refractivity contribution < 1.29 is 23.5 Å². The molecule has 1 atom stereocenters. The lowest BCUT2D eigenvalue weighted by atomic mass is 10.1. The predicted octanol–water partition coefficient (Wildman–Crippen LogP) is 2.86. The van der Waals surface area contributed by atoms with Crippen molar-refractivity contribution in [1.82, 2.24) is 25.5 Å². The topological polar surface area (TPSA) is 127 Å². The molecular formula is C23H25N5O5. The Labute approximate surface area is 190 Å². The maximum Gasteiger partial charge on any atom is 0.322 e. The molecule has 3 aromatic rings. The summed E-state index contributed by atoms with van der Waals surface area (Å²) in [7, 11) is 0. The number of amides is 4. The van der Waals surface area contributed by atoms with Gasteiger partial charge in [-0.05, 0) is 37.6 Å². The first-order chi connectivity index (χ1) is 15.9. The molecule has 2 aromatic heterocycles. The molecule has 0 aliphatic carbocycles. The molecule has 10 nitrogen and oxygen atoms in total. The van der Waals surface area contributed by atoms with Gasteiger partial charge < -0.3 is 19.4 Å². The van der Waals surface area contributed by atoms with Crippen LogP contribution in [0.5, 0.6) is 5.75 Å². The van der Waals surface area contributed by atoms with E-state index in [2.05, 4.69) is 20.6 Å². The Morgan fingerprint density at radius 2 is 2.09 bits per heavy atom. The molecule has 2 N–H and O–H groups in total. The smallest absolute Gasteiger partial charge is 0.322 e. The fourth-order valence-corrected chi connectivity index (χ4v) is 3.69. The average molecular weight is 451 g/mol. The highest BCUT2D eigenvalue weighted by Gasteiger charge is 2.32. The quantitative estimate of drug-likeness (QED) is 0.565. The van der Waals surface area contributed by atoms with Gasteiger partial charge in [0, 0.05) is 31.3 Å². The molecule has 172 valence electrons. The van der Waals surface area contributed by atoms with E-state index in [1.54, 1.807) is 37.1 Å². The number of aromatic nitrogens is 2. The van der Waals surface area contributed by atoms with Crippen LogP contribution in [-0.2, 0) is 11.3 Å². The van der Waals surface area contributed by atoms with Gasteiger partial charge in [0.1, 0.15) is 23.4 Å². The number of urea groups is 1. The third-order valence-electron chi connectivity index (χ3n) is 5.31. The molecule has 0 fully saturated rings. The molecular weight excluding hydrogens is 426 g/mol. The van der Waals surface area contributed by atoms with E-state index in [1.807, 2.05) is 19.1 Å². The SMILES string of the molecule is CCOc1ccc2c(c1)C(=O)N(C[C@H](NC(=O)NC(=O)CC)c1cc3cnc(C)nc3o1)C2. The Morgan fingerprint density at radius 3 is 2.85 bits per heavy atom. The molecule has 4 amide bonds. The summed E-state index contributed by atoms with van der Waals surface area (Å²) in [5, 5.41) is 5.69. The molecule has 1 aliphatic rings. The van der Waals surface area contributed by atoms with Crippen LogP contribution in [0.15, 0.2) is 34.9 Å². The largest absolute Gasteiger partial charge is 0.494 e. The number of carbonyl (C=O) groups is 3. The van der Waals surface area contributed by atoms with Gasteiger partial charge in [-0.2, -0.15) is 4.98 Å². The highest BCUT2D eigenvalue weighted by Crippen LogP contribution is 2.30. The summed E-state index contributed by atoms with van der Waals surface area (Å²) in [6.45, 7) is 6.30. The second-order valence-electron chi connectivity index (χ2n) is 7.69. The van der Waals surface area contributed by atoms with Crippen LogP contribution in [0.25, 0.3) is 11.1 Å². The van der Waals surface area contributed by atoms with Crippen molar-refractivity contribution in [1.29, 1.82) is 0 Å². The first-order valence-electron chi connectivity index (χ1n) is 10.8. The standard InChI is InChI=1S/C23H25N5O5/c1-4-20(29)27-23(31)26-18(19-8-15-10-24-13(3)25-21(15)33-19)12-28-11-14-6-7-16(32-5-2)9-17(14)22(28)30/h6-10,18H,4-5,11-12H2,1-3H3,(H2,26,27,29,31)/t18-/m0/s1. The van der Waals surface area contributed by atoms with Crippen LogP contribution < -0.4 is 15.4 Å². The third kappa shape index (κ3) is 4.79. The molecule has 33 heavy (non-hydrogen) atoms. The van der Waals surface area contributed by atoms with Crippen molar-refractivity contribution in [3.8, 4) is 5.75 Å². The number of carbonyl (C=O) groups excluding carboxylic acids is 3. The summed E-state index contributed by atoms with van der Waals surface area (Å²) in [5.41, 5.74) is 1.82. The van der Waals surface area contributed by atoms with Crippen LogP contribution in [-0.4, -0.2) is 45.9 Å². The molecule has 0 saturated heterocycles. The zero-order chi connectivity index (χ0) is 23.5. The Bertz CT molecular complexity index is 1220. The maximum absolute atomic E-state index is 13.1. The van der Waals surface area contributed by atoms with Crippen molar-refractivity contribution in [3.05, 3.63) is 53.2 Å². The van der Waals surface area contributed by atoms with Crippen LogP contribution >= 0.6 is 0 Å². The average Bonchev–Trinajstić information content (AvgIpc) is 3.34. The molecule has 1 aromatic carbocycles. The third-order valence-corrected chi connectivity index (χ3v) is 5.31. The highest BCUT2D eigenvalue weighted by molar-refractivity contribution is 5.99. The number of aryl methyl sites for hydroxylation is 1. The van der Waals surface area contributed by atoms with Gasteiger partial charge in [-0.3, -0.25) is 14.9 Å². The molecule has 0 saturated carbocycles. The number of fused-ring (bicyclic) bond motifs is 2. The zero-order valence-corrected chi connectivity index (χ0v) is 18.7. The minimum atomic E-state index is -0.714. The molecule has 0 radical (unpaired) electrons. The van der Waals surface area contributed by atoms with Crippen molar-refractivity contribution >= 4 is 28.9 Å². The second-order valence-corrected chi connectivity index (χ2v) is 7.69. The van der Waals surface area contributed by atoms with E-state index in [0.29, 0.717) is 47.1 Å². The molecule has 3 heterocycles. The molecule has 4 rings (SSSR count). The molecule has 0 spiro atoms. The normalized spacial score (nSPS) is 13.7. The number of rotatable bonds is 7. The summed E-state index contributed by atoms with van der Waals surface area (Å²) in [6.07, 6.45) is 1.80. The van der Waals surface area contributed by atoms with Crippen LogP contribution in [0.2, 0.25) is 0 Å². The Morgan fingerprint density at radius 1 is 1.27 bits per heavy atom. The van der Waals surface area contributed by atoms with Crippen molar-refractivity contribution in [2.75, 3.05) is 13.2 Å². The second kappa shape index (κ2) is 9.27. The maximum atomic E-state index is 13.1. The van der Waals surface area contributed by atoms with Crippen LogP contribution in [0.4, 0.5) is 4.79 Å². The van der Waals surface area contributed by atoms with Gasteiger partial charge in [-0.1, -0.05) is 13.0 Å². The minimum absolute atomic E-state index is 0.136. The summed E-state index contributed by atoms with van der Waals surface area (Å²) in [5.74, 6) is 1.00. The Hall–Kier alpha value is -3.95. The van der Waals surface area contributed by atoms with E-state index in [9.17, 15) is 14.4 Å². The van der Waals surface area contributed by atoms with Crippen LogP contribution in [0.1, 0.15) is 53.8 Å². The minimum Gasteiger partial charge on any atom is -0.494 e. The summed E-state index contributed by atoms with van der Waals surface area (Å²) < 4.78 is 11.4. The van der Waals surface area contributed by atoms with Gasteiger partial charge in [-0.15, -0.1) is 0 Å². The number of nitrogens with zero attached hydrogens (tertiary/aromatic N) is 3. The lowest BCUT2D eigenvalue weighted by Gasteiger charge is -2.23. The zero-order valence-electron chi connectivity index (χ0n) is 18.7. The first kappa shape index (κ1) is 22.3. The number of imide groups is 1. The van der Waals surface area contributed by atoms with Crippen molar-refractivity contribution in [2.24, 2.45) is 0 Å². The highest BCUT2D eigenvalue weighted by atomic mass is 16.5. The summed E-state index contributed by atoms with van der Waals surface area (Å²) in [6, 6.07) is 5.77. The lowest BCUT2D eigenvalue weighted by Crippen LogP contribution is -2.44. The van der Waals surface area contributed by atoms with Crippen LogP contribution in [0, 0.1) is 6.92 Å². The number of hydrogen-bond acceptors (Lipinski definition) is 7. The van der Waals surface area contributed by atoms with E-state index in [-0.39, 0.29) is 18.9 Å². The van der Waals surface area contributed by atoms with Gasteiger partial charge in [0.15, 0.2) is 0 Å². The van der Waals surface area contributed by atoms with E-state index < -0.39 is 18.0 Å². The first-order valence-corrected chi connectivity index (χ1v) is 10.8. The van der Waals surface area contributed by atoms with Crippen molar-refractivity contribution in [2.45, 2.75) is 39.8 Å².